The van der Waals surface area contributed by atoms with Crippen LogP contribution in [0.2, 0.25) is 0 Å². The zero-order chi connectivity index (χ0) is 14.7. The first-order valence-electron chi connectivity index (χ1n) is 8.05. The molecule has 0 saturated carbocycles. The molecule has 2 aliphatic heterocycles. The van der Waals surface area contributed by atoms with Gasteiger partial charge in [-0.15, -0.1) is 12.4 Å². The van der Waals surface area contributed by atoms with Gasteiger partial charge in [0.15, 0.2) is 0 Å². The molecule has 0 aliphatic carbocycles. The van der Waals surface area contributed by atoms with Crippen LogP contribution in [0.1, 0.15) is 24.8 Å². The Morgan fingerprint density at radius 3 is 2.68 bits per heavy atom. The van der Waals surface area contributed by atoms with Gasteiger partial charge in [-0.2, -0.15) is 0 Å². The summed E-state index contributed by atoms with van der Waals surface area (Å²) in [7, 11) is 2.02. The van der Waals surface area contributed by atoms with Crippen molar-refractivity contribution in [1.29, 1.82) is 0 Å². The highest BCUT2D eigenvalue weighted by molar-refractivity contribution is 5.96. The van der Waals surface area contributed by atoms with Crippen LogP contribution in [0.15, 0.2) is 24.3 Å². The van der Waals surface area contributed by atoms with E-state index in [2.05, 4.69) is 27.7 Å². The standard InChI is InChI=1S/C17H25N3O.ClH/c1-18-12-13-8-10-20(11-9-13)16-7-6-14-4-2-3-5-15(14)19-17(16)21;/h2-5,13,16,18H,6-12H2,1H3,(H,19,21);1H. The molecule has 0 radical (unpaired) electrons. The first kappa shape index (κ1) is 17.3. The highest BCUT2D eigenvalue weighted by atomic mass is 35.5. The number of halogens is 1. The zero-order valence-electron chi connectivity index (χ0n) is 13.2. The molecule has 1 atom stereocenters. The smallest absolute Gasteiger partial charge is 0.241 e. The van der Waals surface area contributed by atoms with Gasteiger partial charge >= 0.3 is 0 Å². The molecule has 2 heterocycles. The number of hydrogen-bond donors (Lipinski definition) is 2. The third kappa shape index (κ3) is 3.80. The van der Waals surface area contributed by atoms with E-state index in [0.717, 1.165) is 44.1 Å². The molecule has 2 aliphatic rings. The molecule has 4 nitrogen and oxygen atoms in total. The summed E-state index contributed by atoms with van der Waals surface area (Å²) >= 11 is 0. The molecule has 1 unspecified atom stereocenters. The lowest BCUT2D eigenvalue weighted by Gasteiger charge is -2.36. The summed E-state index contributed by atoms with van der Waals surface area (Å²) in [5, 5.41) is 6.38. The number of benzene rings is 1. The molecule has 3 rings (SSSR count). The van der Waals surface area contributed by atoms with Gasteiger partial charge in [-0.25, -0.2) is 0 Å². The summed E-state index contributed by atoms with van der Waals surface area (Å²) in [5.41, 5.74) is 2.26. The fourth-order valence-corrected chi connectivity index (χ4v) is 3.61. The number of carbonyl (C=O) groups excluding carboxylic acids is 1. The largest absolute Gasteiger partial charge is 0.324 e. The average molecular weight is 324 g/mol. The number of hydrogen-bond acceptors (Lipinski definition) is 3. The van der Waals surface area contributed by atoms with E-state index < -0.39 is 0 Å². The molecule has 5 heteroatoms. The summed E-state index contributed by atoms with van der Waals surface area (Å²) in [6, 6.07) is 8.20. The Balaban J connectivity index is 0.00000176. The quantitative estimate of drug-likeness (QED) is 0.897. The number of piperidine rings is 1. The number of fused-ring (bicyclic) bond motifs is 1. The number of anilines is 1. The maximum Gasteiger partial charge on any atom is 0.241 e. The fourth-order valence-electron chi connectivity index (χ4n) is 3.61. The summed E-state index contributed by atoms with van der Waals surface area (Å²) in [6.45, 7) is 3.18. The first-order valence-corrected chi connectivity index (χ1v) is 8.05. The normalized spacial score (nSPS) is 23.1. The molecule has 1 saturated heterocycles. The maximum absolute atomic E-state index is 12.5. The van der Waals surface area contributed by atoms with Crippen molar-refractivity contribution in [3.8, 4) is 0 Å². The highest BCUT2D eigenvalue weighted by Crippen LogP contribution is 2.26. The van der Waals surface area contributed by atoms with Gasteiger partial charge in [0.05, 0.1) is 6.04 Å². The molecule has 1 aromatic carbocycles. The molecule has 0 aromatic heterocycles. The molecular formula is C17H26ClN3O. The molecule has 2 N–H and O–H groups in total. The molecule has 1 aromatic rings. The Kier molecular flexibility index (Phi) is 6.24. The summed E-state index contributed by atoms with van der Waals surface area (Å²) in [6.07, 6.45) is 4.30. The Bertz CT molecular complexity index is 500. The van der Waals surface area contributed by atoms with E-state index in [1.54, 1.807) is 0 Å². The summed E-state index contributed by atoms with van der Waals surface area (Å²) in [4.78, 5) is 14.9. The van der Waals surface area contributed by atoms with Crippen LogP contribution < -0.4 is 10.6 Å². The molecule has 0 bridgehead atoms. The Morgan fingerprint density at radius 2 is 1.95 bits per heavy atom. The van der Waals surface area contributed by atoms with Crippen LogP contribution in [0.5, 0.6) is 0 Å². The Hall–Kier alpha value is -1.10. The van der Waals surface area contributed by atoms with Crippen molar-refractivity contribution in [1.82, 2.24) is 10.2 Å². The second-order valence-corrected chi connectivity index (χ2v) is 6.24. The third-order valence-corrected chi connectivity index (χ3v) is 4.85. The minimum absolute atomic E-state index is 0. The van der Waals surface area contributed by atoms with Gasteiger partial charge in [-0.3, -0.25) is 9.69 Å². The van der Waals surface area contributed by atoms with E-state index in [0.29, 0.717) is 0 Å². The number of nitrogens with zero attached hydrogens (tertiary/aromatic N) is 1. The van der Waals surface area contributed by atoms with E-state index in [-0.39, 0.29) is 24.4 Å². The lowest BCUT2D eigenvalue weighted by Crippen LogP contribution is -2.48. The van der Waals surface area contributed by atoms with Crippen LogP contribution >= 0.6 is 12.4 Å². The topological polar surface area (TPSA) is 44.4 Å². The van der Waals surface area contributed by atoms with Gasteiger partial charge in [-0.05, 0) is 69.9 Å². The lowest BCUT2D eigenvalue weighted by molar-refractivity contribution is -0.122. The Labute approximate surface area is 139 Å². The van der Waals surface area contributed by atoms with Crippen molar-refractivity contribution >= 4 is 24.0 Å². The molecule has 0 spiro atoms. The van der Waals surface area contributed by atoms with Gasteiger partial charge in [-0.1, -0.05) is 18.2 Å². The van der Waals surface area contributed by atoms with E-state index >= 15 is 0 Å². The first-order chi connectivity index (χ1) is 10.3. The monoisotopic (exact) mass is 323 g/mol. The van der Waals surface area contributed by atoms with Gasteiger partial charge < -0.3 is 10.6 Å². The SMILES string of the molecule is CNCC1CCN(C2CCc3ccccc3NC2=O)CC1.Cl. The predicted molar refractivity (Wildman–Crippen MR) is 92.7 cm³/mol. The second kappa shape index (κ2) is 7.95. The highest BCUT2D eigenvalue weighted by Gasteiger charge is 2.31. The van der Waals surface area contributed by atoms with Crippen molar-refractivity contribution in [3.05, 3.63) is 29.8 Å². The molecule has 22 heavy (non-hydrogen) atoms. The number of carbonyl (C=O) groups is 1. The molecule has 1 fully saturated rings. The van der Waals surface area contributed by atoms with Crippen LogP contribution in [0.25, 0.3) is 0 Å². The van der Waals surface area contributed by atoms with Gasteiger partial charge in [0.25, 0.3) is 0 Å². The minimum atomic E-state index is 0. The zero-order valence-corrected chi connectivity index (χ0v) is 14.0. The molecule has 1 amide bonds. The van der Waals surface area contributed by atoms with Crippen molar-refractivity contribution in [2.75, 3.05) is 32.0 Å². The maximum atomic E-state index is 12.5. The predicted octanol–water partition coefficient (Wildman–Crippen LogP) is 2.29. The van der Waals surface area contributed by atoms with Gasteiger partial charge in [0, 0.05) is 5.69 Å². The fraction of sp³-hybridized carbons (Fsp3) is 0.588. The average Bonchev–Trinajstić information content (AvgIpc) is 2.67. The number of nitrogens with one attached hydrogen (secondary N) is 2. The van der Waals surface area contributed by atoms with Crippen molar-refractivity contribution < 1.29 is 4.79 Å². The van der Waals surface area contributed by atoms with Crippen LogP contribution in [0.4, 0.5) is 5.69 Å². The number of para-hydroxylation sites is 1. The van der Waals surface area contributed by atoms with E-state index in [1.807, 2.05) is 19.2 Å². The minimum Gasteiger partial charge on any atom is -0.324 e. The van der Waals surface area contributed by atoms with E-state index in [1.165, 1.54) is 18.4 Å². The summed E-state index contributed by atoms with van der Waals surface area (Å²) < 4.78 is 0. The Morgan fingerprint density at radius 1 is 1.23 bits per heavy atom. The van der Waals surface area contributed by atoms with Crippen LogP contribution in [0, 0.1) is 5.92 Å². The van der Waals surface area contributed by atoms with Crippen LogP contribution in [-0.4, -0.2) is 43.5 Å². The van der Waals surface area contributed by atoms with E-state index in [9.17, 15) is 4.79 Å². The van der Waals surface area contributed by atoms with Crippen LogP contribution in [-0.2, 0) is 11.2 Å². The second-order valence-electron chi connectivity index (χ2n) is 6.24. The number of likely N-dealkylation sites (tertiary alicyclic amines) is 1. The van der Waals surface area contributed by atoms with Gasteiger partial charge in [0.2, 0.25) is 5.91 Å². The number of amides is 1. The molecule has 122 valence electrons. The third-order valence-electron chi connectivity index (χ3n) is 4.85. The van der Waals surface area contributed by atoms with Crippen LogP contribution in [0.3, 0.4) is 0 Å². The van der Waals surface area contributed by atoms with Crippen molar-refractivity contribution in [2.24, 2.45) is 5.92 Å². The van der Waals surface area contributed by atoms with Gasteiger partial charge in [0.1, 0.15) is 0 Å². The van der Waals surface area contributed by atoms with Crippen molar-refractivity contribution in [3.63, 3.8) is 0 Å². The number of aryl methyl sites for hydroxylation is 1. The van der Waals surface area contributed by atoms with E-state index in [4.69, 9.17) is 0 Å². The van der Waals surface area contributed by atoms with Crippen molar-refractivity contribution in [2.45, 2.75) is 31.7 Å². The molecular weight excluding hydrogens is 298 g/mol. The lowest BCUT2D eigenvalue weighted by atomic mass is 9.94. The number of rotatable bonds is 3. The summed E-state index contributed by atoms with van der Waals surface area (Å²) in [5.74, 6) is 0.935.